The maximum absolute atomic E-state index is 12.4. The Morgan fingerprint density at radius 2 is 1.87 bits per heavy atom. The predicted octanol–water partition coefficient (Wildman–Crippen LogP) is 1.50. The van der Waals surface area contributed by atoms with Crippen molar-refractivity contribution in [2.24, 2.45) is 0 Å². The van der Waals surface area contributed by atoms with E-state index in [0.717, 1.165) is 32.4 Å². The van der Waals surface area contributed by atoms with Crippen LogP contribution in [0.4, 0.5) is 10.3 Å². The van der Waals surface area contributed by atoms with Gasteiger partial charge in [-0.15, -0.1) is 10.2 Å². The first-order valence-corrected chi connectivity index (χ1v) is 9.09. The molecule has 2 fully saturated rings. The molecule has 2 amide bonds. The van der Waals surface area contributed by atoms with Gasteiger partial charge in [-0.3, -0.25) is 14.5 Å². The summed E-state index contributed by atoms with van der Waals surface area (Å²) in [4.78, 5) is 29.7. The van der Waals surface area contributed by atoms with E-state index in [1.807, 2.05) is 16.8 Å². The molecule has 23 heavy (non-hydrogen) atoms. The number of anilines is 2. The monoisotopic (exact) mass is 337 g/mol. The van der Waals surface area contributed by atoms with Gasteiger partial charge < -0.3 is 9.80 Å². The van der Waals surface area contributed by atoms with E-state index in [1.54, 1.807) is 4.90 Å². The van der Waals surface area contributed by atoms with Crippen molar-refractivity contribution in [2.45, 2.75) is 38.5 Å². The standard InChI is InChI=1S/C15H23N5O2S/c1-18(11-13(22)19-8-4-2-3-5-9-19)14-16-17-15(23-14)20-10-6-7-12(20)21/h2-11H2,1H3. The van der Waals surface area contributed by atoms with Crippen molar-refractivity contribution in [3.05, 3.63) is 0 Å². The van der Waals surface area contributed by atoms with E-state index in [9.17, 15) is 9.59 Å². The maximum atomic E-state index is 12.4. The van der Waals surface area contributed by atoms with Crippen LogP contribution in [0.2, 0.25) is 0 Å². The van der Waals surface area contributed by atoms with E-state index in [0.29, 0.717) is 29.8 Å². The van der Waals surface area contributed by atoms with Gasteiger partial charge in [-0.25, -0.2) is 0 Å². The second-order valence-electron chi connectivity index (χ2n) is 6.17. The minimum absolute atomic E-state index is 0.107. The van der Waals surface area contributed by atoms with Gasteiger partial charge in [-0.1, -0.05) is 24.2 Å². The highest BCUT2D eigenvalue weighted by atomic mass is 32.1. The van der Waals surface area contributed by atoms with E-state index in [-0.39, 0.29) is 11.8 Å². The molecule has 0 bridgehead atoms. The van der Waals surface area contributed by atoms with Crippen LogP contribution < -0.4 is 9.80 Å². The second-order valence-corrected chi connectivity index (χ2v) is 7.10. The Bertz CT molecular complexity index is 568. The number of carbonyl (C=O) groups excluding carboxylic acids is 2. The fourth-order valence-electron chi connectivity index (χ4n) is 3.01. The maximum Gasteiger partial charge on any atom is 0.242 e. The molecule has 0 N–H and O–H groups in total. The number of likely N-dealkylation sites (N-methyl/N-ethyl adjacent to an activating group) is 1. The first-order valence-electron chi connectivity index (χ1n) is 8.28. The van der Waals surface area contributed by atoms with Crippen molar-refractivity contribution in [1.29, 1.82) is 0 Å². The summed E-state index contributed by atoms with van der Waals surface area (Å²) in [5.41, 5.74) is 0. The molecule has 1 aromatic heterocycles. The number of carbonyl (C=O) groups is 2. The zero-order valence-electron chi connectivity index (χ0n) is 13.5. The third kappa shape index (κ3) is 3.80. The van der Waals surface area contributed by atoms with E-state index in [1.165, 1.54) is 24.2 Å². The van der Waals surface area contributed by atoms with Crippen LogP contribution in [-0.2, 0) is 9.59 Å². The Morgan fingerprint density at radius 3 is 2.52 bits per heavy atom. The number of nitrogens with zero attached hydrogens (tertiary/aromatic N) is 5. The van der Waals surface area contributed by atoms with E-state index < -0.39 is 0 Å². The summed E-state index contributed by atoms with van der Waals surface area (Å²) in [6.45, 7) is 2.74. The van der Waals surface area contributed by atoms with Crippen LogP contribution in [0.25, 0.3) is 0 Å². The SMILES string of the molecule is CN(CC(=O)N1CCCCCC1)c1nnc(N2CCCC2=O)s1. The molecule has 2 saturated heterocycles. The summed E-state index contributed by atoms with van der Waals surface area (Å²) in [6, 6.07) is 0. The normalized spacial score (nSPS) is 19.1. The van der Waals surface area contributed by atoms with Gasteiger partial charge in [0.15, 0.2) is 0 Å². The molecule has 0 saturated carbocycles. The van der Waals surface area contributed by atoms with Crippen LogP contribution in [0.5, 0.6) is 0 Å². The topological polar surface area (TPSA) is 69.6 Å². The van der Waals surface area contributed by atoms with Gasteiger partial charge in [0.25, 0.3) is 0 Å². The summed E-state index contributed by atoms with van der Waals surface area (Å²) in [5, 5.41) is 9.57. The summed E-state index contributed by atoms with van der Waals surface area (Å²) >= 11 is 1.37. The first-order chi connectivity index (χ1) is 11.1. The van der Waals surface area contributed by atoms with Gasteiger partial charge in [-0.2, -0.15) is 0 Å². The third-order valence-electron chi connectivity index (χ3n) is 4.37. The Labute approximate surface area is 140 Å². The van der Waals surface area contributed by atoms with Gasteiger partial charge >= 0.3 is 0 Å². The van der Waals surface area contributed by atoms with Gasteiger partial charge in [0.05, 0.1) is 6.54 Å². The van der Waals surface area contributed by atoms with E-state index >= 15 is 0 Å². The molecule has 0 aromatic carbocycles. The van der Waals surface area contributed by atoms with Crippen LogP contribution >= 0.6 is 11.3 Å². The second kappa shape index (κ2) is 7.25. The molecule has 2 aliphatic heterocycles. The molecule has 0 atom stereocenters. The van der Waals surface area contributed by atoms with E-state index in [4.69, 9.17) is 0 Å². The molecule has 1 aromatic rings. The summed E-state index contributed by atoms with van der Waals surface area (Å²) < 4.78 is 0. The van der Waals surface area contributed by atoms with Crippen LogP contribution in [0.15, 0.2) is 0 Å². The molecule has 8 heteroatoms. The average molecular weight is 337 g/mol. The van der Waals surface area contributed by atoms with Crippen molar-refractivity contribution in [1.82, 2.24) is 15.1 Å². The lowest BCUT2D eigenvalue weighted by atomic mass is 10.2. The number of hydrogen-bond donors (Lipinski definition) is 0. The molecular weight excluding hydrogens is 314 g/mol. The fourth-order valence-corrected chi connectivity index (χ4v) is 3.86. The lowest BCUT2D eigenvalue weighted by molar-refractivity contribution is -0.129. The van der Waals surface area contributed by atoms with Crippen molar-refractivity contribution in [3.8, 4) is 0 Å². The zero-order chi connectivity index (χ0) is 16.2. The molecule has 2 aliphatic rings. The fraction of sp³-hybridized carbons (Fsp3) is 0.733. The van der Waals surface area contributed by atoms with Crippen LogP contribution in [0, 0.1) is 0 Å². The Hall–Kier alpha value is -1.70. The number of rotatable bonds is 4. The molecule has 3 heterocycles. The Morgan fingerprint density at radius 1 is 1.13 bits per heavy atom. The highest BCUT2D eigenvalue weighted by Gasteiger charge is 2.26. The van der Waals surface area contributed by atoms with Gasteiger partial charge in [0, 0.05) is 33.1 Å². The third-order valence-corrected chi connectivity index (χ3v) is 5.43. The molecule has 0 unspecified atom stereocenters. The Balaban J connectivity index is 1.59. The van der Waals surface area contributed by atoms with Gasteiger partial charge in [-0.05, 0) is 19.3 Å². The minimum atomic E-state index is 0.107. The average Bonchev–Trinajstić information content (AvgIpc) is 3.08. The van der Waals surface area contributed by atoms with Crippen molar-refractivity contribution < 1.29 is 9.59 Å². The summed E-state index contributed by atoms with van der Waals surface area (Å²) in [6.07, 6.45) is 6.06. The Kier molecular flexibility index (Phi) is 5.09. The summed E-state index contributed by atoms with van der Waals surface area (Å²) in [7, 11) is 1.85. The molecule has 3 rings (SSSR count). The number of amides is 2. The van der Waals surface area contributed by atoms with Crippen LogP contribution in [0.3, 0.4) is 0 Å². The molecule has 126 valence electrons. The molecular formula is C15H23N5O2S. The minimum Gasteiger partial charge on any atom is -0.341 e. The largest absolute Gasteiger partial charge is 0.341 e. The lowest BCUT2D eigenvalue weighted by Crippen LogP contribution is -2.39. The molecule has 7 nitrogen and oxygen atoms in total. The molecule has 0 aliphatic carbocycles. The lowest BCUT2D eigenvalue weighted by Gasteiger charge is -2.23. The quantitative estimate of drug-likeness (QED) is 0.833. The van der Waals surface area contributed by atoms with Crippen LogP contribution in [0.1, 0.15) is 38.5 Å². The number of likely N-dealkylation sites (tertiary alicyclic amines) is 1. The first kappa shape index (κ1) is 16.2. The van der Waals surface area contributed by atoms with Gasteiger partial charge in [0.2, 0.25) is 22.1 Å². The number of hydrogen-bond acceptors (Lipinski definition) is 6. The molecule has 0 radical (unpaired) electrons. The van der Waals surface area contributed by atoms with Crippen molar-refractivity contribution in [2.75, 3.05) is 43.0 Å². The summed E-state index contributed by atoms with van der Waals surface area (Å²) in [5.74, 6) is 0.249. The number of aromatic nitrogens is 2. The predicted molar refractivity (Wildman–Crippen MR) is 89.8 cm³/mol. The van der Waals surface area contributed by atoms with Crippen molar-refractivity contribution >= 4 is 33.4 Å². The van der Waals surface area contributed by atoms with Crippen LogP contribution in [-0.4, -0.2) is 60.1 Å². The molecule has 0 spiro atoms. The van der Waals surface area contributed by atoms with Crippen molar-refractivity contribution in [3.63, 3.8) is 0 Å². The smallest absolute Gasteiger partial charge is 0.242 e. The highest BCUT2D eigenvalue weighted by Crippen LogP contribution is 2.29. The van der Waals surface area contributed by atoms with E-state index in [2.05, 4.69) is 10.2 Å². The van der Waals surface area contributed by atoms with Gasteiger partial charge in [0.1, 0.15) is 0 Å². The zero-order valence-corrected chi connectivity index (χ0v) is 14.3. The highest BCUT2D eigenvalue weighted by molar-refractivity contribution is 7.19.